The van der Waals surface area contributed by atoms with Gasteiger partial charge in [-0.3, -0.25) is 10.7 Å². The Morgan fingerprint density at radius 2 is 2.00 bits per heavy atom. The molecule has 0 bridgehead atoms. The van der Waals surface area contributed by atoms with Gasteiger partial charge in [-0.15, -0.1) is 0 Å². The van der Waals surface area contributed by atoms with Crippen LogP contribution in [0.4, 0.5) is 4.79 Å². The molecule has 1 aromatic rings. The molecule has 0 fully saturated rings. The molecule has 0 spiro atoms. The summed E-state index contributed by atoms with van der Waals surface area (Å²) in [5.41, 5.74) is 0.635. The van der Waals surface area contributed by atoms with Crippen molar-refractivity contribution < 1.29 is 14.3 Å². The van der Waals surface area contributed by atoms with Crippen LogP contribution in [0.5, 0.6) is 0 Å². The average molecular weight is 264 g/mol. The third-order valence-electron chi connectivity index (χ3n) is 2.58. The van der Waals surface area contributed by atoms with Crippen molar-refractivity contribution in [3.63, 3.8) is 0 Å². The number of carbonyl (C=O) groups excluding carboxylic acids is 1. The lowest BCUT2D eigenvalue weighted by Crippen LogP contribution is -2.32. The molecule has 0 radical (unpaired) electrons. The van der Waals surface area contributed by atoms with Crippen molar-refractivity contribution in [2.75, 3.05) is 13.2 Å². The van der Waals surface area contributed by atoms with E-state index in [1.54, 1.807) is 24.3 Å². The predicted octanol–water partition coefficient (Wildman–Crippen LogP) is 2.55. The Kier molecular flexibility index (Phi) is 6.60. The molecule has 19 heavy (non-hydrogen) atoms. The van der Waals surface area contributed by atoms with E-state index in [-0.39, 0.29) is 18.5 Å². The highest BCUT2D eigenvalue weighted by Crippen LogP contribution is 1.98. The van der Waals surface area contributed by atoms with Crippen molar-refractivity contribution in [2.24, 2.45) is 0 Å². The Morgan fingerprint density at radius 3 is 2.63 bits per heavy atom. The van der Waals surface area contributed by atoms with Gasteiger partial charge < -0.3 is 9.47 Å². The van der Waals surface area contributed by atoms with Crippen LogP contribution in [0.25, 0.3) is 0 Å². The molecule has 1 amide bonds. The number of hydrogen-bond donors (Lipinski definition) is 2. The van der Waals surface area contributed by atoms with Gasteiger partial charge in [0.05, 0.1) is 12.7 Å². The lowest BCUT2D eigenvalue weighted by atomic mass is 10.2. The molecule has 104 valence electrons. The fourth-order valence-corrected chi connectivity index (χ4v) is 1.32. The highest BCUT2D eigenvalue weighted by atomic mass is 16.6. The third-order valence-corrected chi connectivity index (χ3v) is 2.58. The van der Waals surface area contributed by atoms with E-state index in [9.17, 15) is 4.79 Å². The summed E-state index contributed by atoms with van der Waals surface area (Å²) in [5.74, 6) is 0.0217. The van der Waals surface area contributed by atoms with Crippen molar-refractivity contribution in [1.29, 1.82) is 5.41 Å². The first-order valence-corrected chi connectivity index (χ1v) is 6.32. The minimum Gasteiger partial charge on any atom is -0.447 e. The maximum Gasteiger partial charge on any atom is 0.412 e. The predicted molar refractivity (Wildman–Crippen MR) is 73.5 cm³/mol. The monoisotopic (exact) mass is 264 g/mol. The van der Waals surface area contributed by atoms with Crippen molar-refractivity contribution >= 4 is 11.9 Å². The quantitative estimate of drug-likeness (QED) is 0.471. The molecule has 0 aliphatic carbocycles. The average Bonchev–Trinajstić information content (AvgIpc) is 2.44. The number of nitrogens with one attached hydrogen (secondary N) is 2. The molecular formula is C14H20N2O3. The molecule has 1 unspecified atom stereocenters. The number of amidine groups is 1. The smallest absolute Gasteiger partial charge is 0.412 e. The Morgan fingerprint density at radius 1 is 1.32 bits per heavy atom. The second-order valence-electron chi connectivity index (χ2n) is 4.09. The molecule has 2 N–H and O–H groups in total. The van der Waals surface area contributed by atoms with Gasteiger partial charge in [-0.2, -0.15) is 0 Å². The zero-order valence-corrected chi connectivity index (χ0v) is 11.3. The van der Waals surface area contributed by atoms with Gasteiger partial charge in [0.25, 0.3) is 0 Å². The summed E-state index contributed by atoms with van der Waals surface area (Å²) >= 11 is 0. The number of amides is 1. The second-order valence-corrected chi connectivity index (χ2v) is 4.09. The first-order chi connectivity index (χ1) is 9.13. The summed E-state index contributed by atoms with van der Waals surface area (Å²) in [5, 5.41) is 10.1. The first-order valence-electron chi connectivity index (χ1n) is 6.32. The van der Waals surface area contributed by atoms with E-state index in [4.69, 9.17) is 14.9 Å². The van der Waals surface area contributed by atoms with E-state index < -0.39 is 6.09 Å². The normalized spacial score (nSPS) is 11.7. The van der Waals surface area contributed by atoms with Gasteiger partial charge in [0.1, 0.15) is 12.4 Å². The van der Waals surface area contributed by atoms with Crippen LogP contribution in [0.15, 0.2) is 30.3 Å². The van der Waals surface area contributed by atoms with Crippen LogP contribution < -0.4 is 5.32 Å². The summed E-state index contributed by atoms with van der Waals surface area (Å²) in [6.07, 6.45) is 0.445. The summed E-state index contributed by atoms with van der Waals surface area (Å²) in [6, 6.07) is 8.94. The third kappa shape index (κ3) is 6.01. The van der Waals surface area contributed by atoms with Gasteiger partial charge in [-0.1, -0.05) is 37.3 Å². The molecule has 0 heterocycles. The lowest BCUT2D eigenvalue weighted by Gasteiger charge is -2.11. The van der Waals surface area contributed by atoms with Crippen LogP contribution in [0.2, 0.25) is 0 Å². The number of carbonyl (C=O) groups is 1. The van der Waals surface area contributed by atoms with Gasteiger partial charge in [0.15, 0.2) is 0 Å². The van der Waals surface area contributed by atoms with Crippen LogP contribution in [0.1, 0.15) is 25.8 Å². The van der Waals surface area contributed by atoms with Gasteiger partial charge in [-0.05, 0) is 13.3 Å². The minimum absolute atomic E-state index is 0.0217. The Labute approximate surface area is 113 Å². The van der Waals surface area contributed by atoms with E-state index in [0.29, 0.717) is 12.2 Å². The van der Waals surface area contributed by atoms with E-state index >= 15 is 0 Å². The van der Waals surface area contributed by atoms with Crippen molar-refractivity contribution in [3.8, 4) is 0 Å². The molecule has 0 aliphatic rings. The van der Waals surface area contributed by atoms with E-state index in [0.717, 1.165) is 6.42 Å². The van der Waals surface area contributed by atoms with E-state index in [1.807, 2.05) is 19.9 Å². The number of ether oxygens (including phenoxy) is 2. The molecule has 0 aliphatic heterocycles. The van der Waals surface area contributed by atoms with Crippen LogP contribution in [0.3, 0.4) is 0 Å². The number of alkyl carbamates (subject to hydrolysis) is 1. The molecule has 0 aromatic heterocycles. The molecule has 5 nitrogen and oxygen atoms in total. The van der Waals surface area contributed by atoms with Crippen molar-refractivity contribution in [2.45, 2.75) is 26.4 Å². The van der Waals surface area contributed by atoms with Gasteiger partial charge in [0.2, 0.25) is 0 Å². The summed E-state index contributed by atoms with van der Waals surface area (Å²) in [6.45, 7) is 4.53. The highest BCUT2D eigenvalue weighted by Gasteiger charge is 2.07. The van der Waals surface area contributed by atoms with Crippen molar-refractivity contribution in [3.05, 3.63) is 35.9 Å². The topological polar surface area (TPSA) is 71.4 Å². The van der Waals surface area contributed by atoms with Gasteiger partial charge in [0, 0.05) is 5.56 Å². The zero-order valence-electron chi connectivity index (χ0n) is 11.3. The number of benzene rings is 1. The Balaban J connectivity index is 2.23. The van der Waals surface area contributed by atoms with Crippen molar-refractivity contribution in [1.82, 2.24) is 5.32 Å². The second kappa shape index (κ2) is 8.26. The van der Waals surface area contributed by atoms with Crippen LogP contribution >= 0.6 is 0 Å². The molecule has 5 heteroatoms. The largest absolute Gasteiger partial charge is 0.447 e. The van der Waals surface area contributed by atoms with Gasteiger partial charge in [-0.25, -0.2) is 4.79 Å². The fourth-order valence-electron chi connectivity index (χ4n) is 1.32. The van der Waals surface area contributed by atoms with Gasteiger partial charge >= 0.3 is 6.09 Å². The summed E-state index contributed by atoms with van der Waals surface area (Å²) < 4.78 is 10.3. The maximum absolute atomic E-state index is 11.4. The molecule has 1 atom stereocenters. The van der Waals surface area contributed by atoms with Crippen LogP contribution in [-0.4, -0.2) is 31.2 Å². The van der Waals surface area contributed by atoms with E-state index in [2.05, 4.69) is 5.32 Å². The Bertz CT molecular complexity index is 406. The number of hydrogen-bond acceptors (Lipinski definition) is 4. The maximum atomic E-state index is 11.4. The first kappa shape index (κ1) is 15.2. The number of rotatable bonds is 6. The standard InChI is InChI=1S/C14H20N2O3/c1-3-11(2)18-9-10-19-14(17)16-13(15)12-7-5-4-6-8-12/h4-8,11H,3,9-10H2,1-2H3,(H2,15,16,17). The molecule has 1 aromatic carbocycles. The molecule has 1 rings (SSSR count). The molecular weight excluding hydrogens is 244 g/mol. The Hall–Kier alpha value is -1.88. The SMILES string of the molecule is CCC(C)OCCOC(=O)NC(=N)c1ccccc1. The highest BCUT2D eigenvalue weighted by molar-refractivity contribution is 6.04. The fraction of sp³-hybridized carbons (Fsp3) is 0.429. The molecule has 0 saturated carbocycles. The molecule has 0 saturated heterocycles. The van der Waals surface area contributed by atoms with Crippen LogP contribution in [0, 0.1) is 5.41 Å². The summed E-state index contributed by atoms with van der Waals surface area (Å²) in [7, 11) is 0. The van der Waals surface area contributed by atoms with Crippen LogP contribution in [-0.2, 0) is 9.47 Å². The van der Waals surface area contributed by atoms with E-state index in [1.165, 1.54) is 0 Å². The minimum atomic E-state index is -0.637. The zero-order chi connectivity index (χ0) is 14.1. The lowest BCUT2D eigenvalue weighted by molar-refractivity contribution is 0.0303. The summed E-state index contributed by atoms with van der Waals surface area (Å²) in [4.78, 5) is 11.4.